The highest BCUT2D eigenvalue weighted by molar-refractivity contribution is 7.81. The lowest BCUT2D eigenvalue weighted by atomic mass is 9.99. The Labute approximate surface area is 138 Å². The zero-order valence-corrected chi connectivity index (χ0v) is 14.6. The topological polar surface area (TPSA) is 52.6 Å². The second-order valence-electron chi connectivity index (χ2n) is 6.33. The van der Waals surface area contributed by atoms with Gasteiger partial charge in [0.25, 0.3) is 0 Å². The standard InChI is InChI=1S/C18H22O4S/c1-17(2,15-11-7-5-8-12-15)21-23(19,20)22-18(3,4)16-13-9-6-10-14-16/h5-14H,1-4H3. The molecule has 0 radical (unpaired) electrons. The van der Waals surface area contributed by atoms with Gasteiger partial charge in [0.15, 0.2) is 0 Å². The monoisotopic (exact) mass is 334 g/mol. The van der Waals surface area contributed by atoms with Gasteiger partial charge in [-0.25, -0.2) is 8.37 Å². The van der Waals surface area contributed by atoms with E-state index in [4.69, 9.17) is 8.37 Å². The largest absolute Gasteiger partial charge is 0.401 e. The van der Waals surface area contributed by atoms with E-state index in [0.717, 1.165) is 11.1 Å². The van der Waals surface area contributed by atoms with Crippen molar-refractivity contribution in [3.63, 3.8) is 0 Å². The quantitative estimate of drug-likeness (QED) is 0.797. The molecule has 0 unspecified atom stereocenters. The minimum absolute atomic E-state index is 0.754. The van der Waals surface area contributed by atoms with Crippen molar-refractivity contribution in [2.24, 2.45) is 0 Å². The molecule has 2 aromatic carbocycles. The van der Waals surface area contributed by atoms with Gasteiger partial charge in [0.1, 0.15) is 11.2 Å². The summed E-state index contributed by atoms with van der Waals surface area (Å²) in [4.78, 5) is 0. The van der Waals surface area contributed by atoms with Crippen molar-refractivity contribution in [2.75, 3.05) is 0 Å². The van der Waals surface area contributed by atoms with Crippen LogP contribution in [0.4, 0.5) is 0 Å². The van der Waals surface area contributed by atoms with Crippen LogP contribution in [0.5, 0.6) is 0 Å². The van der Waals surface area contributed by atoms with Crippen molar-refractivity contribution < 1.29 is 16.8 Å². The summed E-state index contributed by atoms with van der Waals surface area (Å²) in [6.07, 6.45) is 0. The molecule has 0 atom stereocenters. The third-order valence-corrected chi connectivity index (χ3v) is 4.80. The van der Waals surface area contributed by atoms with Crippen LogP contribution in [0.2, 0.25) is 0 Å². The molecule has 5 heteroatoms. The first-order valence-corrected chi connectivity index (χ1v) is 8.73. The van der Waals surface area contributed by atoms with Crippen LogP contribution in [0.15, 0.2) is 60.7 Å². The molecule has 0 aliphatic heterocycles. The van der Waals surface area contributed by atoms with Crippen molar-refractivity contribution in [1.29, 1.82) is 0 Å². The Morgan fingerprint density at radius 3 is 1.26 bits per heavy atom. The molecule has 0 bridgehead atoms. The first-order valence-electron chi connectivity index (χ1n) is 7.40. The molecular formula is C18H22O4S. The van der Waals surface area contributed by atoms with Gasteiger partial charge in [-0.05, 0) is 38.8 Å². The summed E-state index contributed by atoms with van der Waals surface area (Å²) in [5, 5.41) is 0. The van der Waals surface area contributed by atoms with E-state index in [2.05, 4.69) is 0 Å². The van der Waals surface area contributed by atoms with E-state index in [1.54, 1.807) is 27.7 Å². The van der Waals surface area contributed by atoms with E-state index in [1.165, 1.54) is 0 Å². The van der Waals surface area contributed by atoms with Gasteiger partial charge in [-0.2, -0.15) is 8.42 Å². The maximum absolute atomic E-state index is 12.4. The van der Waals surface area contributed by atoms with E-state index in [-0.39, 0.29) is 0 Å². The van der Waals surface area contributed by atoms with Crippen molar-refractivity contribution in [2.45, 2.75) is 38.9 Å². The molecule has 124 valence electrons. The van der Waals surface area contributed by atoms with E-state index < -0.39 is 21.6 Å². The van der Waals surface area contributed by atoms with Crippen molar-refractivity contribution >= 4 is 10.4 Å². The number of benzene rings is 2. The first kappa shape index (κ1) is 17.7. The van der Waals surface area contributed by atoms with Crippen LogP contribution in [-0.2, 0) is 30.0 Å². The summed E-state index contributed by atoms with van der Waals surface area (Å²) in [6.45, 7) is 6.77. The Morgan fingerprint density at radius 2 is 0.957 bits per heavy atom. The minimum atomic E-state index is -4.19. The smallest absolute Gasteiger partial charge is 0.237 e. The summed E-state index contributed by atoms with van der Waals surface area (Å²) < 4.78 is 35.4. The van der Waals surface area contributed by atoms with Crippen LogP contribution in [0.25, 0.3) is 0 Å². The van der Waals surface area contributed by atoms with Gasteiger partial charge in [-0.3, -0.25) is 0 Å². The molecular weight excluding hydrogens is 312 g/mol. The van der Waals surface area contributed by atoms with Gasteiger partial charge in [-0.1, -0.05) is 60.7 Å². The van der Waals surface area contributed by atoms with Crippen LogP contribution in [0, 0.1) is 0 Å². The summed E-state index contributed by atoms with van der Waals surface area (Å²) in [6, 6.07) is 18.3. The average molecular weight is 334 g/mol. The molecule has 0 aliphatic rings. The minimum Gasteiger partial charge on any atom is -0.237 e. The van der Waals surface area contributed by atoms with Crippen molar-refractivity contribution in [1.82, 2.24) is 0 Å². The molecule has 0 fully saturated rings. The Hall–Kier alpha value is -1.69. The van der Waals surface area contributed by atoms with E-state index >= 15 is 0 Å². The zero-order chi connectivity index (χ0) is 17.1. The molecule has 0 aliphatic carbocycles. The number of hydrogen-bond acceptors (Lipinski definition) is 4. The van der Waals surface area contributed by atoms with Gasteiger partial charge in [0.05, 0.1) is 0 Å². The maximum Gasteiger partial charge on any atom is 0.401 e. The molecule has 2 rings (SSSR count). The predicted octanol–water partition coefficient (Wildman–Crippen LogP) is 4.14. The first-order chi connectivity index (χ1) is 10.6. The SMILES string of the molecule is CC(C)(OS(=O)(=O)OC(C)(C)c1ccccc1)c1ccccc1. The van der Waals surface area contributed by atoms with Gasteiger partial charge >= 0.3 is 10.4 Å². The van der Waals surface area contributed by atoms with E-state index in [1.807, 2.05) is 60.7 Å². The van der Waals surface area contributed by atoms with Crippen molar-refractivity contribution in [3.8, 4) is 0 Å². The van der Waals surface area contributed by atoms with Crippen molar-refractivity contribution in [3.05, 3.63) is 71.8 Å². The maximum atomic E-state index is 12.4. The molecule has 0 saturated heterocycles. The molecule has 0 N–H and O–H groups in total. The molecule has 0 amide bonds. The van der Waals surface area contributed by atoms with Crippen LogP contribution in [-0.4, -0.2) is 8.42 Å². The highest BCUT2D eigenvalue weighted by Crippen LogP contribution is 2.32. The molecule has 23 heavy (non-hydrogen) atoms. The highest BCUT2D eigenvalue weighted by atomic mass is 32.3. The molecule has 2 aromatic rings. The van der Waals surface area contributed by atoms with E-state index in [0.29, 0.717) is 0 Å². The lowest BCUT2D eigenvalue weighted by Gasteiger charge is -2.29. The summed E-state index contributed by atoms with van der Waals surface area (Å²) >= 11 is 0. The lowest BCUT2D eigenvalue weighted by Crippen LogP contribution is -2.32. The van der Waals surface area contributed by atoms with Gasteiger partial charge in [-0.15, -0.1) is 0 Å². The molecule has 0 heterocycles. The van der Waals surface area contributed by atoms with Gasteiger partial charge < -0.3 is 0 Å². The van der Waals surface area contributed by atoms with Crippen LogP contribution in [0.3, 0.4) is 0 Å². The highest BCUT2D eigenvalue weighted by Gasteiger charge is 2.35. The van der Waals surface area contributed by atoms with E-state index in [9.17, 15) is 8.42 Å². The second-order valence-corrected chi connectivity index (χ2v) is 7.48. The third kappa shape index (κ3) is 4.64. The zero-order valence-electron chi connectivity index (χ0n) is 13.8. The van der Waals surface area contributed by atoms with Gasteiger partial charge in [0, 0.05) is 0 Å². The fourth-order valence-corrected chi connectivity index (χ4v) is 3.55. The van der Waals surface area contributed by atoms with Crippen LogP contribution < -0.4 is 0 Å². The fourth-order valence-electron chi connectivity index (χ4n) is 2.30. The van der Waals surface area contributed by atoms with Crippen LogP contribution in [0.1, 0.15) is 38.8 Å². The molecule has 0 spiro atoms. The average Bonchev–Trinajstić information content (AvgIpc) is 2.47. The fraction of sp³-hybridized carbons (Fsp3) is 0.333. The lowest BCUT2D eigenvalue weighted by molar-refractivity contribution is 0.0385. The second kappa shape index (κ2) is 6.43. The number of hydrogen-bond donors (Lipinski definition) is 0. The Morgan fingerprint density at radius 1 is 0.652 bits per heavy atom. The third-order valence-electron chi connectivity index (χ3n) is 3.56. The summed E-state index contributed by atoms with van der Waals surface area (Å²) in [5.41, 5.74) is -0.533. The molecule has 0 saturated carbocycles. The Bertz CT molecular complexity index is 676. The predicted molar refractivity (Wildman–Crippen MR) is 90.0 cm³/mol. The number of rotatable bonds is 6. The normalized spacial score (nSPS) is 13.0. The molecule has 4 nitrogen and oxygen atoms in total. The summed E-state index contributed by atoms with van der Waals surface area (Å²) in [5.74, 6) is 0. The summed E-state index contributed by atoms with van der Waals surface area (Å²) in [7, 11) is -4.19. The van der Waals surface area contributed by atoms with Crippen LogP contribution >= 0.6 is 0 Å². The molecule has 0 aromatic heterocycles. The van der Waals surface area contributed by atoms with Gasteiger partial charge in [0.2, 0.25) is 0 Å². The Kier molecular flexibility index (Phi) is 4.94. The Balaban J connectivity index is 2.19.